The van der Waals surface area contributed by atoms with Crippen LogP contribution in [0.4, 0.5) is 0 Å². The molecule has 140 valence electrons. The summed E-state index contributed by atoms with van der Waals surface area (Å²) in [6.45, 7) is 12.9. The van der Waals surface area contributed by atoms with Crippen LogP contribution in [-0.2, 0) is 25.8 Å². The van der Waals surface area contributed by atoms with E-state index >= 15 is 0 Å². The van der Waals surface area contributed by atoms with Crippen LogP contribution >= 0.6 is 0 Å². The summed E-state index contributed by atoms with van der Waals surface area (Å²) in [4.78, 5) is 0. The lowest BCUT2D eigenvalue weighted by Crippen LogP contribution is -2.53. The number of hydrogen-bond donors (Lipinski definition) is 1. The minimum atomic E-state index is -3.54. The van der Waals surface area contributed by atoms with Crippen LogP contribution in [0.25, 0.3) is 0 Å². The Morgan fingerprint density at radius 1 is 1.04 bits per heavy atom. The average molecular weight is 367 g/mol. The Balaban J connectivity index is 2.31. The summed E-state index contributed by atoms with van der Waals surface area (Å²) in [7, 11) is -4.19. The Bertz CT molecular complexity index is 680. The number of nitrogens with one attached hydrogen (secondary N) is 1. The molecule has 0 aliphatic carbocycles. The van der Waals surface area contributed by atoms with Gasteiger partial charge in [-0.05, 0) is 60.5 Å². The zero-order valence-electron chi connectivity index (χ0n) is 16.3. The Morgan fingerprint density at radius 3 is 1.96 bits per heavy atom. The second-order valence-electron chi connectivity index (χ2n) is 8.65. The van der Waals surface area contributed by atoms with Crippen LogP contribution in [-0.4, -0.2) is 37.4 Å². The summed E-state index contributed by atoms with van der Waals surface area (Å²) in [5.74, 6) is -0.507. The molecule has 1 aliphatic heterocycles. The fourth-order valence-electron chi connectivity index (χ4n) is 2.49. The highest BCUT2D eigenvalue weighted by molar-refractivity contribution is 7.90. The lowest BCUT2D eigenvalue weighted by Gasteiger charge is -2.32. The van der Waals surface area contributed by atoms with E-state index < -0.39 is 39.0 Å². The predicted molar refractivity (Wildman–Crippen MR) is 102 cm³/mol. The summed E-state index contributed by atoms with van der Waals surface area (Å²) < 4.78 is 39.5. The van der Waals surface area contributed by atoms with Crippen molar-refractivity contribution in [3.05, 3.63) is 35.9 Å². The summed E-state index contributed by atoms with van der Waals surface area (Å²) >= 11 is 0. The molecular formula is C18H30BNO4S. The molecule has 1 heterocycles. The Kier molecular flexibility index (Phi) is 5.46. The van der Waals surface area contributed by atoms with Crippen LogP contribution in [0.1, 0.15) is 54.0 Å². The zero-order chi connectivity index (χ0) is 19.1. The molecule has 7 heteroatoms. The number of rotatable bonds is 5. The van der Waals surface area contributed by atoms with Gasteiger partial charge in [0.25, 0.3) is 0 Å². The highest BCUT2D eigenvalue weighted by Crippen LogP contribution is 2.38. The third-order valence-electron chi connectivity index (χ3n) is 5.01. The summed E-state index contributed by atoms with van der Waals surface area (Å²) in [6, 6.07) is 9.77. The lowest BCUT2D eigenvalue weighted by atomic mass is 9.75. The molecule has 1 atom stereocenters. The molecule has 2 rings (SSSR count). The van der Waals surface area contributed by atoms with Gasteiger partial charge in [0.1, 0.15) is 0 Å². The van der Waals surface area contributed by atoms with Crippen molar-refractivity contribution in [1.82, 2.24) is 4.72 Å². The SMILES string of the molecule is CC1(C)OB([C@H](Cc2ccccc2)NS(=O)(=O)C(C)(C)C)OC1(C)C. The van der Waals surface area contributed by atoms with Crippen molar-refractivity contribution in [2.75, 3.05) is 0 Å². The maximum Gasteiger partial charge on any atom is 0.477 e. The quantitative estimate of drug-likeness (QED) is 0.813. The minimum Gasteiger partial charge on any atom is -0.402 e. The van der Waals surface area contributed by atoms with Gasteiger partial charge in [-0.15, -0.1) is 0 Å². The van der Waals surface area contributed by atoms with Crippen molar-refractivity contribution in [3.63, 3.8) is 0 Å². The van der Waals surface area contributed by atoms with E-state index in [1.165, 1.54) is 0 Å². The molecule has 0 aromatic heterocycles. The van der Waals surface area contributed by atoms with Crippen LogP contribution in [0.3, 0.4) is 0 Å². The third kappa shape index (κ3) is 4.45. The van der Waals surface area contributed by atoms with Crippen molar-refractivity contribution in [2.45, 2.75) is 76.8 Å². The molecule has 1 aromatic rings. The molecule has 0 amide bonds. The van der Waals surface area contributed by atoms with E-state index in [1.807, 2.05) is 58.0 Å². The number of hydrogen-bond acceptors (Lipinski definition) is 4. The highest BCUT2D eigenvalue weighted by Gasteiger charge is 2.54. The molecule has 0 spiro atoms. The van der Waals surface area contributed by atoms with Crippen LogP contribution in [0.15, 0.2) is 30.3 Å². The Morgan fingerprint density at radius 2 is 1.52 bits per heavy atom. The van der Waals surface area contributed by atoms with Crippen molar-refractivity contribution in [3.8, 4) is 0 Å². The first-order valence-corrected chi connectivity index (χ1v) is 10.1. The van der Waals surface area contributed by atoms with E-state index in [-0.39, 0.29) is 0 Å². The summed E-state index contributed by atoms with van der Waals surface area (Å²) in [5.41, 5.74) is -0.00153. The van der Waals surface area contributed by atoms with Crippen LogP contribution in [0.2, 0.25) is 0 Å². The standard InChI is InChI=1S/C18H30BNO4S/c1-16(2,3)25(21,22)20-15(13-14-11-9-8-10-12-14)19-23-17(4,5)18(6,7)24-19/h8-12,15,20H,13H2,1-7H3/t15-/m0/s1. The van der Waals surface area contributed by atoms with E-state index in [0.29, 0.717) is 6.42 Å². The highest BCUT2D eigenvalue weighted by atomic mass is 32.2. The second kappa shape index (κ2) is 6.69. The fraction of sp³-hybridized carbons (Fsp3) is 0.667. The molecule has 1 aromatic carbocycles. The molecule has 5 nitrogen and oxygen atoms in total. The first-order chi connectivity index (χ1) is 11.3. The van der Waals surface area contributed by atoms with Gasteiger partial charge in [-0.1, -0.05) is 30.3 Å². The van der Waals surface area contributed by atoms with Crippen molar-refractivity contribution in [2.24, 2.45) is 0 Å². The van der Waals surface area contributed by atoms with Crippen molar-refractivity contribution >= 4 is 17.1 Å². The minimum absolute atomic E-state index is 0.493. The Hall–Kier alpha value is -0.885. The zero-order valence-corrected chi connectivity index (χ0v) is 17.1. The van der Waals surface area contributed by atoms with E-state index in [0.717, 1.165) is 5.56 Å². The van der Waals surface area contributed by atoms with Crippen LogP contribution in [0, 0.1) is 0 Å². The molecule has 0 radical (unpaired) electrons. The Labute approximate surface area is 152 Å². The molecule has 1 fully saturated rings. The average Bonchev–Trinajstić information content (AvgIpc) is 2.66. The van der Waals surface area contributed by atoms with E-state index in [9.17, 15) is 8.42 Å². The first-order valence-electron chi connectivity index (χ1n) is 8.67. The summed E-state index contributed by atoms with van der Waals surface area (Å²) in [6.07, 6.45) is 0.493. The van der Waals surface area contributed by atoms with E-state index in [1.54, 1.807) is 20.8 Å². The molecule has 1 aliphatic rings. The molecule has 1 N–H and O–H groups in total. The van der Waals surface area contributed by atoms with Gasteiger partial charge in [-0.3, -0.25) is 0 Å². The van der Waals surface area contributed by atoms with Gasteiger partial charge < -0.3 is 9.31 Å². The largest absolute Gasteiger partial charge is 0.477 e. The van der Waals surface area contributed by atoms with Crippen LogP contribution in [0.5, 0.6) is 0 Å². The monoisotopic (exact) mass is 367 g/mol. The van der Waals surface area contributed by atoms with Crippen molar-refractivity contribution in [1.29, 1.82) is 0 Å². The van der Waals surface area contributed by atoms with Gasteiger partial charge in [0.05, 0.1) is 21.9 Å². The molecule has 0 saturated carbocycles. The third-order valence-corrected chi connectivity index (χ3v) is 7.24. The smallest absolute Gasteiger partial charge is 0.402 e. The van der Waals surface area contributed by atoms with Gasteiger partial charge >= 0.3 is 7.12 Å². The maximum atomic E-state index is 12.7. The topological polar surface area (TPSA) is 64.6 Å². The van der Waals surface area contributed by atoms with E-state index in [2.05, 4.69) is 4.72 Å². The van der Waals surface area contributed by atoms with Gasteiger partial charge in [0.15, 0.2) is 0 Å². The van der Waals surface area contributed by atoms with Gasteiger partial charge in [0.2, 0.25) is 10.0 Å². The molecule has 0 bridgehead atoms. The number of benzene rings is 1. The van der Waals surface area contributed by atoms with Gasteiger partial charge in [-0.25, -0.2) is 13.1 Å². The molecule has 0 unspecified atom stereocenters. The van der Waals surface area contributed by atoms with Crippen molar-refractivity contribution < 1.29 is 17.7 Å². The second-order valence-corrected chi connectivity index (χ2v) is 11.1. The predicted octanol–water partition coefficient (Wildman–Crippen LogP) is 2.95. The molecule has 25 heavy (non-hydrogen) atoms. The summed E-state index contributed by atoms with van der Waals surface area (Å²) in [5, 5.41) is 0. The molecular weight excluding hydrogens is 337 g/mol. The fourth-order valence-corrected chi connectivity index (χ4v) is 3.44. The number of sulfonamides is 1. The maximum absolute atomic E-state index is 12.7. The van der Waals surface area contributed by atoms with Gasteiger partial charge in [-0.2, -0.15) is 0 Å². The van der Waals surface area contributed by atoms with E-state index in [4.69, 9.17) is 9.31 Å². The molecule has 1 saturated heterocycles. The normalized spacial score (nSPS) is 21.3. The first kappa shape index (κ1) is 20.4. The van der Waals surface area contributed by atoms with Crippen LogP contribution < -0.4 is 4.72 Å². The van der Waals surface area contributed by atoms with Gasteiger partial charge in [0, 0.05) is 0 Å². The lowest BCUT2D eigenvalue weighted by molar-refractivity contribution is 0.00578.